The molecule has 1 aromatic carbocycles. The molecule has 0 bridgehead atoms. The minimum Gasteiger partial charge on any atom is -0.452 e. The quantitative estimate of drug-likeness (QED) is 0.767. The number of carbonyl (C=O) groups excluding carboxylic acids is 4. The first-order valence-electron chi connectivity index (χ1n) is 9.35. The second-order valence-electron chi connectivity index (χ2n) is 7.67. The Morgan fingerprint density at radius 1 is 1.03 bits per heavy atom. The van der Waals surface area contributed by atoms with Gasteiger partial charge >= 0.3 is 12.1 Å². The van der Waals surface area contributed by atoms with Gasteiger partial charge in [-0.05, 0) is 39.0 Å². The number of carbonyl (C=O) groups is 4. The van der Waals surface area contributed by atoms with Gasteiger partial charge in [-0.15, -0.1) is 0 Å². The van der Waals surface area contributed by atoms with E-state index in [4.69, 9.17) is 9.47 Å². The third-order valence-corrected chi connectivity index (χ3v) is 4.15. The number of hydrogen-bond acceptors (Lipinski definition) is 6. The fraction of sp³-hybridized carbons (Fsp3) is 0.500. The van der Waals surface area contributed by atoms with Crippen LogP contribution in [-0.4, -0.2) is 72.1 Å². The van der Waals surface area contributed by atoms with Crippen LogP contribution in [0.2, 0.25) is 0 Å². The molecule has 29 heavy (non-hydrogen) atoms. The van der Waals surface area contributed by atoms with Crippen LogP contribution >= 0.6 is 0 Å². The predicted molar refractivity (Wildman–Crippen MR) is 105 cm³/mol. The molecule has 0 unspecified atom stereocenters. The fourth-order valence-electron chi connectivity index (χ4n) is 2.72. The summed E-state index contributed by atoms with van der Waals surface area (Å²) in [6.45, 7) is 8.09. The summed E-state index contributed by atoms with van der Waals surface area (Å²) in [5, 5.41) is 2.55. The van der Waals surface area contributed by atoms with Crippen LogP contribution < -0.4 is 5.32 Å². The lowest BCUT2D eigenvalue weighted by molar-refractivity contribution is -0.140. The maximum atomic E-state index is 12.3. The molecule has 0 saturated carbocycles. The molecule has 0 aliphatic carbocycles. The van der Waals surface area contributed by atoms with Crippen LogP contribution in [-0.2, 0) is 19.1 Å². The smallest absolute Gasteiger partial charge is 0.412 e. The average molecular weight is 405 g/mol. The van der Waals surface area contributed by atoms with Gasteiger partial charge in [-0.25, -0.2) is 9.59 Å². The van der Waals surface area contributed by atoms with Crippen molar-refractivity contribution in [2.45, 2.75) is 33.3 Å². The molecular formula is C20H27N3O6. The first-order chi connectivity index (χ1) is 13.5. The Bertz CT molecular complexity index is 779. The van der Waals surface area contributed by atoms with Crippen molar-refractivity contribution in [1.82, 2.24) is 9.80 Å². The third kappa shape index (κ3) is 7.10. The Morgan fingerprint density at radius 2 is 1.66 bits per heavy atom. The van der Waals surface area contributed by atoms with Crippen LogP contribution in [0.3, 0.4) is 0 Å². The molecule has 0 radical (unpaired) electrons. The molecule has 158 valence electrons. The summed E-state index contributed by atoms with van der Waals surface area (Å²) in [5.74, 6) is -1.01. The Balaban J connectivity index is 1.85. The highest BCUT2D eigenvalue weighted by Crippen LogP contribution is 2.14. The molecule has 3 amide bonds. The highest BCUT2D eigenvalue weighted by molar-refractivity contribution is 5.94. The van der Waals surface area contributed by atoms with Gasteiger partial charge in [0.15, 0.2) is 6.61 Å². The Morgan fingerprint density at radius 3 is 2.24 bits per heavy atom. The number of nitrogens with zero attached hydrogens (tertiary/aromatic N) is 2. The molecule has 0 atom stereocenters. The van der Waals surface area contributed by atoms with E-state index in [0.717, 1.165) is 0 Å². The van der Waals surface area contributed by atoms with Crippen molar-refractivity contribution >= 4 is 29.6 Å². The van der Waals surface area contributed by atoms with Gasteiger partial charge in [0.05, 0.1) is 5.56 Å². The summed E-state index contributed by atoms with van der Waals surface area (Å²) in [6, 6.07) is 6.17. The number of piperazine rings is 1. The number of nitrogens with one attached hydrogen (secondary N) is 1. The Labute approximate surface area is 169 Å². The molecule has 1 N–H and O–H groups in total. The van der Waals surface area contributed by atoms with E-state index in [2.05, 4.69) is 5.32 Å². The summed E-state index contributed by atoms with van der Waals surface area (Å²) < 4.78 is 10.3. The Hall–Kier alpha value is -3.10. The lowest BCUT2D eigenvalue weighted by Gasteiger charge is -2.34. The molecule has 1 heterocycles. The van der Waals surface area contributed by atoms with Gasteiger partial charge in [0, 0.05) is 38.8 Å². The molecule has 9 heteroatoms. The third-order valence-electron chi connectivity index (χ3n) is 4.15. The number of anilines is 1. The molecule has 0 spiro atoms. The molecule has 9 nitrogen and oxygen atoms in total. The topological polar surface area (TPSA) is 105 Å². The van der Waals surface area contributed by atoms with E-state index in [1.165, 1.54) is 19.1 Å². The van der Waals surface area contributed by atoms with E-state index in [1.807, 2.05) is 0 Å². The molecule has 1 saturated heterocycles. The lowest BCUT2D eigenvalue weighted by atomic mass is 10.2. The van der Waals surface area contributed by atoms with Gasteiger partial charge < -0.3 is 19.3 Å². The van der Waals surface area contributed by atoms with E-state index in [0.29, 0.717) is 31.9 Å². The minimum absolute atomic E-state index is 0.0246. The molecule has 2 rings (SSSR count). The van der Waals surface area contributed by atoms with E-state index in [-0.39, 0.29) is 24.0 Å². The Kier molecular flexibility index (Phi) is 7.19. The average Bonchev–Trinajstić information content (AvgIpc) is 2.64. The first-order valence-corrected chi connectivity index (χ1v) is 9.35. The van der Waals surface area contributed by atoms with Crippen molar-refractivity contribution in [1.29, 1.82) is 0 Å². The predicted octanol–water partition coefficient (Wildman–Crippen LogP) is 1.88. The summed E-state index contributed by atoms with van der Waals surface area (Å²) in [6.07, 6.45) is -0.636. The van der Waals surface area contributed by atoms with Crippen molar-refractivity contribution in [2.75, 3.05) is 38.1 Å². The number of esters is 1. The zero-order chi connectivity index (χ0) is 21.6. The van der Waals surface area contributed by atoms with Crippen LogP contribution in [0.5, 0.6) is 0 Å². The van der Waals surface area contributed by atoms with E-state index < -0.39 is 17.7 Å². The molecule has 0 aromatic heterocycles. The monoisotopic (exact) mass is 405 g/mol. The van der Waals surface area contributed by atoms with Crippen LogP contribution in [0.1, 0.15) is 38.1 Å². The summed E-state index contributed by atoms with van der Waals surface area (Å²) in [5.41, 5.74) is -0.0650. The molecule has 1 aromatic rings. The van der Waals surface area contributed by atoms with Gasteiger partial charge in [0.25, 0.3) is 5.91 Å². The van der Waals surface area contributed by atoms with Gasteiger partial charge in [0.2, 0.25) is 5.91 Å². The van der Waals surface area contributed by atoms with Gasteiger partial charge in [0.1, 0.15) is 5.60 Å². The van der Waals surface area contributed by atoms with Gasteiger partial charge in [-0.1, -0.05) is 6.07 Å². The number of amides is 3. The normalized spacial score (nSPS) is 14.2. The fourth-order valence-corrected chi connectivity index (χ4v) is 2.72. The van der Waals surface area contributed by atoms with E-state index >= 15 is 0 Å². The maximum Gasteiger partial charge on any atom is 0.412 e. The van der Waals surface area contributed by atoms with Gasteiger partial charge in [-0.3, -0.25) is 14.9 Å². The van der Waals surface area contributed by atoms with Crippen LogP contribution in [0, 0.1) is 0 Å². The van der Waals surface area contributed by atoms with Crippen LogP contribution in [0.15, 0.2) is 24.3 Å². The van der Waals surface area contributed by atoms with Crippen molar-refractivity contribution < 1.29 is 28.7 Å². The number of hydrogen-bond donors (Lipinski definition) is 1. The highest BCUT2D eigenvalue weighted by atomic mass is 16.6. The summed E-state index contributed by atoms with van der Waals surface area (Å²) in [4.78, 5) is 50.9. The van der Waals surface area contributed by atoms with Crippen molar-refractivity contribution in [3.8, 4) is 0 Å². The lowest BCUT2D eigenvalue weighted by Crippen LogP contribution is -2.51. The SMILES string of the molecule is CC(=O)N1CCN(C(=O)COC(=O)c2cccc(NC(=O)OC(C)(C)C)c2)CC1. The number of benzene rings is 1. The molecule has 1 aliphatic heterocycles. The van der Waals surface area contributed by atoms with E-state index in [9.17, 15) is 19.2 Å². The van der Waals surface area contributed by atoms with Crippen molar-refractivity contribution in [3.05, 3.63) is 29.8 Å². The second kappa shape index (κ2) is 9.40. The van der Waals surface area contributed by atoms with Gasteiger partial charge in [-0.2, -0.15) is 0 Å². The van der Waals surface area contributed by atoms with Crippen molar-refractivity contribution in [3.63, 3.8) is 0 Å². The second-order valence-corrected chi connectivity index (χ2v) is 7.67. The largest absolute Gasteiger partial charge is 0.452 e. The zero-order valence-electron chi connectivity index (χ0n) is 17.2. The summed E-state index contributed by atoms with van der Waals surface area (Å²) >= 11 is 0. The summed E-state index contributed by atoms with van der Waals surface area (Å²) in [7, 11) is 0. The van der Waals surface area contributed by atoms with Crippen molar-refractivity contribution in [2.24, 2.45) is 0 Å². The van der Waals surface area contributed by atoms with Crippen LogP contribution in [0.25, 0.3) is 0 Å². The minimum atomic E-state index is -0.673. The molecule has 1 fully saturated rings. The van der Waals surface area contributed by atoms with E-state index in [1.54, 1.807) is 42.7 Å². The first kappa shape index (κ1) is 22.2. The standard InChI is InChI=1S/C20H27N3O6/c1-14(24)22-8-10-23(11-9-22)17(25)13-28-18(26)15-6-5-7-16(12-15)21-19(27)29-20(2,3)4/h5-7,12H,8-11,13H2,1-4H3,(H,21,27). The molecule has 1 aliphatic rings. The zero-order valence-corrected chi connectivity index (χ0v) is 17.2. The molecular weight excluding hydrogens is 378 g/mol. The number of ether oxygens (including phenoxy) is 2. The highest BCUT2D eigenvalue weighted by Gasteiger charge is 2.23. The maximum absolute atomic E-state index is 12.3. The number of rotatable bonds is 4. The van der Waals surface area contributed by atoms with Crippen LogP contribution in [0.4, 0.5) is 10.5 Å².